The van der Waals surface area contributed by atoms with Gasteiger partial charge >= 0.3 is 5.97 Å². The van der Waals surface area contributed by atoms with E-state index in [9.17, 15) is 9.59 Å². The zero-order valence-corrected chi connectivity index (χ0v) is 13.2. The largest absolute Gasteiger partial charge is 0.452 e. The quantitative estimate of drug-likeness (QED) is 0.675. The van der Waals surface area contributed by atoms with E-state index in [4.69, 9.17) is 10.00 Å². The first kappa shape index (κ1) is 16.6. The Kier molecular flexibility index (Phi) is 5.78. The number of hydrogen-bond acceptors (Lipinski definition) is 5. The van der Waals surface area contributed by atoms with Crippen LogP contribution in [-0.4, -0.2) is 24.7 Å². The lowest BCUT2D eigenvalue weighted by Gasteiger charge is -2.07. The van der Waals surface area contributed by atoms with Crippen LogP contribution in [0, 0.1) is 11.3 Å². The monoisotopic (exact) mass is 326 g/mol. The smallest absolute Gasteiger partial charge is 0.338 e. The molecule has 0 aliphatic heterocycles. The fourth-order valence-electron chi connectivity index (χ4n) is 1.81. The third kappa shape index (κ3) is 4.87. The SMILES string of the molecule is CSc1ccc(C(=O)OCC(=O)Nc2cccc(C#N)c2)cc1. The minimum atomic E-state index is -0.557. The molecule has 0 aromatic heterocycles. The van der Waals surface area contributed by atoms with Gasteiger partial charge in [-0.3, -0.25) is 4.79 Å². The Labute approximate surface area is 138 Å². The average molecular weight is 326 g/mol. The number of esters is 1. The number of nitrogens with one attached hydrogen (secondary N) is 1. The Morgan fingerprint density at radius 2 is 1.96 bits per heavy atom. The molecule has 6 heteroatoms. The Hall–Kier alpha value is -2.78. The van der Waals surface area contributed by atoms with Gasteiger partial charge in [0.15, 0.2) is 6.61 Å². The van der Waals surface area contributed by atoms with Gasteiger partial charge in [0, 0.05) is 10.6 Å². The van der Waals surface area contributed by atoms with E-state index in [-0.39, 0.29) is 6.61 Å². The van der Waals surface area contributed by atoms with E-state index in [2.05, 4.69) is 5.32 Å². The topological polar surface area (TPSA) is 79.2 Å². The molecule has 23 heavy (non-hydrogen) atoms. The maximum Gasteiger partial charge on any atom is 0.338 e. The van der Waals surface area contributed by atoms with Gasteiger partial charge < -0.3 is 10.1 Å². The van der Waals surface area contributed by atoms with Crippen molar-refractivity contribution in [1.29, 1.82) is 5.26 Å². The van der Waals surface area contributed by atoms with Crippen molar-refractivity contribution >= 4 is 29.3 Å². The zero-order valence-electron chi connectivity index (χ0n) is 12.4. The lowest BCUT2D eigenvalue weighted by molar-refractivity contribution is -0.119. The zero-order chi connectivity index (χ0) is 16.7. The molecule has 0 radical (unpaired) electrons. The van der Waals surface area contributed by atoms with Gasteiger partial charge in [-0.1, -0.05) is 6.07 Å². The molecule has 116 valence electrons. The average Bonchev–Trinajstić information content (AvgIpc) is 2.60. The van der Waals surface area contributed by atoms with Crippen LogP contribution in [-0.2, 0) is 9.53 Å². The Balaban J connectivity index is 1.88. The standard InChI is InChI=1S/C17H14N2O3S/c1-23-15-7-5-13(6-8-15)17(21)22-11-16(20)19-14-4-2-3-12(9-14)10-18/h2-9H,11H2,1H3,(H,19,20). The Morgan fingerprint density at radius 3 is 2.61 bits per heavy atom. The van der Waals surface area contributed by atoms with Gasteiger partial charge in [0.05, 0.1) is 17.2 Å². The Bertz CT molecular complexity index is 751. The normalized spacial score (nSPS) is 9.74. The highest BCUT2D eigenvalue weighted by molar-refractivity contribution is 7.98. The minimum Gasteiger partial charge on any atom is -0.452 e. The van der Waals surface area contributed by atoms with Crippen molar-refractivity contribution < 1.29 is 14.3 Å². The molecule has 0 heterocycles. The molecular formula is C17H14N2O3S. The van der Waals surface area contributed by atoms with Gasteiger partial charge in [-0.15, -0.1) is 11.8 Å². The first-order valence-electron chi connectivity index (χ1n) is 6.73. The highest BCUT2D eigenvalue weighted by Gasteiger charge is 2.10. The molecule has 2 rings (SSSR count). The van der Waals surface area contributed by atoms with E-state index < -0.39 is 11.9 Å². The molecule has 0 bridgehead atoms. The number of carbonyl (C=O) groups excluding carboxylic acids is 2. The van der Waals surface area contributed by atoms with Gasteiger partial charge in [0.2, 0.25) is 0 Å². The summed E-state index contributed by atoms with van der Waals surface area (Å²) >= 11 is 1.57. The summed E-state index contributed by atoms with van der Waals surface area (Å²) in [6.07, 6.45) is 1.94. The van der Waals surface area contributed by atoms with Crippen molar-refractivity contribution in [2.75, 3.05) is 18.2 Å². The molecule has 0 saturated carbocycles. The van der Waals surface area contributed by atoms with E-state index in [0.29, 0.717) is 16.8 Å². The van der Waals surface area contributed by atoms with Crippen LogP contribution in [0.1, 0.15) is 15.9 Å². The fourth-order valence-corrected chi connectivity index (χ4v) is 2.21. The van der Waals surface area contributed by atoms with Crippen LogP contribution in [0.4, 0.5) is 5.69 Å². The van der Waals surface area contributed by atoms with Gasteiger partial charge in [0.1, 0.15) is 0 Å². The minimum absolute atomic E-state index is 0.389. The van der Waals surface area contributed by atoms with Crippen LogP contribution >= 0.6 is 11.8 Å². The first-order chi connectivity index (χ1) is 11.1. The molecule has 0 unspecified atom stereocenters. The predicted octanol–water partition coefficient (Wildman–Crippen LogP) is 3.08. The second kappa shape index (κ2) is 8.01. The molecule has 0 aliphatic carbocycles. The van der Waals surface area contributed by atoms with Gasteiger partial charge in [-0.05, 0) is 48.7 Å². The van der Waals surface area contributed by atoms with Crippen LogP contribution in [0.15, 0.2) is 53.4 Å². The van der Waals surface area contributed by atoms with Crippen molar-refractivity contribution in [2.24, 2.45) is 0 Å². The van der Waals surface area contributed by atoms with Gasteiger partial charge in [-0.2, -0.15) is 5.26 Å². The highest BCUT2D eigenvalue weighted by atomic mass is 32.2. The fraction of sp³-hybridized carbons (Fsp3) is 0.118. The number of benzene rings is 2. The molecule has 5 nitrogen and oxygen atoms in total. The van der Waals surface area contributed by atoms with E-state index >= 15 is 0 Å². The number of amides is 1. The van der Waals surface area contributed by atoms with Crippen molar-refractivity contribution in [3.8, 4) is 6.07 Å². The van der Waals surface area contributed by atoms with Gasteiger partial charge in [-0.25, -0.2) is 4.79 Å². The summed E-state index contributed by atoms with van der Waals surface area (Å²) in [5, 5.41) is 11.4. The number of ether oxygens (including phenoxy) is 1. The first-order valence-corrected chi connectivity index (χ1v) is 7.96. The molecule has 0 aliphatic rings. The predicted molar refractivity (Wildman–Crippen MR) is 88.3 cm³/mol. The van der Waals surface area contributed by atoms with Crippen LogP contribution in [0.5, 0.6) is 0 Å². The van der Waals surface area contributed by atoms with E-state index in [1.54, 1.807) is 48.2 Å². The van der Waals surface area contributed by atoms with Crippen molar-refractivity contribution in [3.05, 3.63) is 59.7 Å². The molecule has 1 N–H and O–H groups in total. The van der Waals surface area contributed by atoms with E-state index in [0.717, 1.165) is 4.90 Å². The molecule has 1 amide bonds. The second-order valence-corrected chi connectivity index (χ2v) is 5.43. The lowest BCUT2D eigenvalue weighted by Crippen LogP contribution is -2.20. The Morgan fingerprint density at radius 1 is 1.22 bits per heavy atom. The number of nitrogens with zero attached hydrogens (tertiary/aromatic N) is 1. The van der Waals surface area contributed by atoms with Crippen LogP contribution in [0.2, 0.25) is 0 Å². The number of thioether (sulfide) groups is 1. The molecule has 0 saturated heterocycles. The maximum atomic E-state index is 11.8. The maximum absolute atomic E-state index is 11.8. The van der Waals surface area contributed by atoms with Crippen molar-refractivity contribution in [2.45, 2.75) is 4.90 Å². The number of rotatable bonds is 5. The van der Waals surface area contributed by atoms with E-state index in [1.807, 2.05) is 24.5 Å². The summed E-state index contributed by atoms with van der Waals surface area (Å²) in [4.78, 5) is 24.7. The number of carbonyl (C=O) groups is 2. The highest BCUT2D eigenvalue weighted by Crippen LogP contribution is 2.15. The van der Waals surface area contributed by atoms with Gasteiger partial charge in [0.25, 0.3) is 5.91 Å². The van der Waals surface area contributed by atoms with Crippen LogP contribution < -0.4 is 5.32 Å². The second-order valence-electron chi connectivity index (χ2n) is 4.55. The van der Waals surface area contributed by atoms with Crippen LogP contribution in [0.25, 0.3) is 0 Å². The third-order valence-electron chi connectivity index (χ3n) is 2.94. The summed E-state index contributed by atoms with van der Waals surface area (Å²) < 4.78 is 4.97. The van der Waals surface area contributed by atoms with Crippen LogP contribution in [0.3, 0.4) is 0 Å². The molecule has 2 aromatic rings. The summed E-state index contributed by atoms with van der Waals surface area (Å²) in [5.74, 6) is -1.02. The number of nitriles is 1. The summed E-state index contributed by atoms with van der Waals surface area (Å²) in [6.45, 7) is -0.389. The summed E-state index contributed by atoms with van der Waals surface area (Å²) in [7, 11) is 0. The molecule has 0 fully saturated rings. The van der Waals surface area contributed by atoms with E-state index in [1.165, 1.54) is 0 Å². The molecule has 2 aromatic carbocycles. The lowest BCUT2D eigenvalue weighted by atomic mass is 10.2. The van der Waals surface area contributed by atoms with Crippen molar-refractivity contribution in [1.82, 2.24) is 0 Å². The number of hydrogen-bond donors (Lipinski definition) is 1. The molecular weight excluding hydrogens is 312 g/mol. The molecule has 0 atom stereocenters. The summed E-state index contributed by atoms with van der Waals surface area (Å²) in [6, 6.07) is 15.4. The van der Waals surface area contributed by atoms with Crippen molar-refractivity contribution in [3.63, 3.8) is 0 Å². The summed E-state index contributed by atoms with van der Waals surface area (Å²) in [5.41, 5.74) is 1.31. The third-order valence-corrected chi connectivity index (χ3v) is 3.68. The molecule has 0 spiro atoms. The number of anilines is 1.